The van der Waals surface area contributed by atoms with Gasteiger partial charge in [-0.3, -0.25) is 4.90 Å². The number of rotatable bonds is 8. The summed E-state index contributed by atoms with van der Waals surface area (Å²) in [6, 6.07) is 9.69. The maximum atomic E-state index is 4.84. The van der Waals surface area contributed by atoms with E-state index in [1.165, 1.54) is 69.4 Å². The third-order valence-corrected chi connectivity index (χ3v) is 6.48. The summed E-state index contributed by atoms with van der Waals surface area (Å²) in [5.74, 6) is 1.65. The standard InChI is InChI=1S/C25H43N5/c1-4-26-25(28-18-24-9-8-16-30(20-24)21(2)3)27-17-22-10-12-23(13-11-22)19-29-14-6-5-7-15-29/h10-13,21,24H,4-9,14-20H2,1-3H3,(H2,26,27,28). The molecule has 168 valence electrons. The van der Waals surface area contributed by atoms with Gasteiger partial charge in [-0.15, -0.1) is 0 Å². The third-order valence-electron chi connectivity index (χ3n) is 6.48. The van der Waals surface area contributed by atoms with E-state index in [0.29, 0.717) is 12.0 Å². The van der Waals surface area contributed by atoms with Gasteiger partial charge in [-0.2, -0.15) is 0 Å². The Bertz CT molecular complexity index is 633. The molecule has 2 fully saturated rings. The van der Waals surface area contributed by atoms with Gasteiger partial charge in [-0.25, -0.2) is 4.99 Å². The van der Waals surface area contributed by atoms with Gasteiger partial charge in [0, 0.05) is 32.2 Å². The molecule has 3 rings (SSSR count). The number of guanidine groups is 1. The summed E-state index contributed by atoms with van der Waals surface area (Å²) in [5, 5.41) is 7.00. The minimum absolute atomic E-state index is 0.646. The number of likely N-dealkylation sites (tertiary alicyclic amines) is 2. The zero-order valence-corrected chi connectivity index (χ0v) is 19.5. The molecule has 2 aliphatic heterocycles. The first-order valence-corrected chi connectivity index (χ1v) is 12.2. The van der Waals surface area contributed by atoms with Crippen molar-refractivity contribution >= 4 is 5.96 Å². The molecule has 0 saturated carbocycles. The lowest BCUT2D eigenvalue weighted by Crippen LogP contribution is -2.46. The van der Waals surface area contributed by atoms with Crippen molar-refractivity contribution in [2.75, 3.05) is 39.3 Å². The number of aliphatic imine (C=N–C) groups is 1. The number of benzene rings is 1. The maximum Gasteiger partial charge on any atom is 0.191 e. The predicted molar refractivity (Wildman–Crippen MR) is 128 cm³/mol. The summed E-state index contributed by atoms with van der Waals surface area (Å²) < 4.78 is 0. The molecule has 2 saturated heterocycles. The van der Waals surface area contributed by atoms with Crippen LogP contribution in [-0.4, -0.2) is 61.1 Å². The SMILES string of the molecule is CCNC(=NCc1ccc(CN2CCCCC2)cc1)NCC1CCCN(C(C)C)C1. The van der Waals surface area contributed by atoms with E-state index in [1.807, 2.05) is 0 Å². The quantitative estimate of drug-likeness (QED) is 0.502. The highest BCUT2D eigenvalue weighted by atomic mass is 15.2. The fourth-order valence-corrected chi connectivity index (χ4v) is 4.61. The van der Waals surface area contributed by atoms with Crippen molar-refractivity contribution in [3.63, 3.8) is 0 Å². The van der Waals surface area contributed by atoms with Crippen molar-refractivity contribution < 1.29 is 0 Å². The first-order chi connectivity index (χ1) is 14.6. The van der Waals surface area contributed by atoms with Crippen LogP contribution in [-0.2, 0) is 13.1 Å². The first kappa shape index (κ1) is 23.1. The summed E-state index contributed by atoms with van der Waals surface area (Å²) in [6.45, 7) is 15.4. The molecule has 2 N–H and O–H groups in total. The largest absolute Gasteiger partial charge is 0.357 e. The Kier molecular flexibility index (Phi) is 9.47. The van der Waals surface area contributed by atoms with Crippen molar-refractivity contribution in [3.8, 4) is 0 Å². The van der Waals surface area contributed by atoms with Crippen LogP contribution in [0.1, 0.15) is 64.0 Å². The molecule has 0 aromatic heterocycles. The van der Waals surface area contributed by atoms with E-state index in [2.05, 4.69) is 65.5 Å². The Morgan fingerprint density at radius 3 is 2.43 bits per heavy atom. The molecule has 1 aromatic carbocycles. The highest BCUT2D eigenvalue weighted by Crippen LogP contribution is 2.18. The van der Waals surface area contributed by atoms with E-state index < -0.39 is 0 Å². The van der Waals surface area contributed by atoms with E-state index in [-0.39, 0.29) is 0 Å². The Labute approximate surface area is 184 Å². The molecule has 0 radical (unpaired) electrons. The van der Waals surface area contributed by atoms with Crippen molar-refractivity contribution in [1.82, 2.24) is 20.4 Å². The number of nitrogens with one attached hydrogen (secondary N) is 2. The molecule has 0 amide bonds. The normalized spacial score (nSPS) is 21.7. The van der Waals surface area contributed by atoms with Crippen LogP contribution in [0.5, 0.6) is 0 Å². The second-order valence-corrected chi connectivity index (χ2v) is 9.33. The molecule has 1 atom stereocenters. The van der Waals surface area contributed by atoms with Crippen LogP contribution in [0.3, 0.4) is 0 Å². The first-order valence-electron chi connectivity index (χ1n) is 12.2. The lowest BCUT2D eigenvalue weighted by Gasteiger charge is -2.35. The molecule has 1 aromatic rings. The van der Waals surface area contributed by atoms with Gasteiger partial charge in [-0.05, 0) is 83.1 Å². The van der Waals surface area contributed by atoms with Gasteiger partial charge in [0.1, 0.15) is 0 Å². The van der Waals surface area contributed by atoms with Crippen molar-refractivity contribution in [3.05, 3.63) is 35.4 Å². The van der Waals surface area contributed by atoms with Crippen LogP contribution in [0.15, 0.2) is 29.3 Å². The fraction of sp³-hybridized carbons (Fsp3) is 0.720. The Morgan fingerprint density at radius 2 is 1.73 bits per heavy atom. The molecule has 2 heterocycles. The fourth-order valence-electron chi connectivity index (χ4n) is 4.61. The van der Waals surface area contributed by atoms with Crippen LogP contribution in [0, 0.1) is 5.92 Å². The number of hydrogen-bond acceptors (Lipinski definition) is 3. The Balaban J connectivity index is 1.47. The second-order valence-electron chi connectivity index (χ2n) is 9.33. The van der Waals surface area contributed by atoms with Crippen molar-refractivity contribution in [1.29, 1.82) is 0 Å². The van der Waals surface area contributed by atoms with E-state index in [4.69, 9.17) is 4.99 Å². The monoisotopic (exact) mass is 413 g/mol. The Hall–Kier alpha value is -1.59. The second kappa shape index (κ2) is 12.3. The maximum absolute atomic E-state index is 4.84. The van der Waals surface area contributed by atoms with Crippen molar-refractivity contribution in [2.45, 2.75) is 72.0 Å². The molecule has 1 unspecified atom stereocenters. The van der Waals surface area contributed by atoms with Gasteiger partial charge in [-0.1, -0.05) is 30.7 Å². The topological polar surface area (TPSA) is 42.9 Å². The zero-order chi connectivity index (χ0) is 21.2. The molecule has 0 aliphatic carbocycles. The van der Waals surface area contributed by atoms with Crippen LogP contribution in [0.2, 0.25) is 0 Å². The van der Waals surface area contributed by atoms with Gasteiger partial charge >= 0.3 is 0 Å². The van der Waals surface area contributed by atoms with E-state index in [1.54, 1.807) is 0 Å². The highest BCUT2D eigenvalue weighted by Gasteiger charge is 2.21. The number of nitrogens with zero attached hydrogens (tertiary/aromatic N) is 3. The lowest BCUT2D eigenvalue weighted by molar-refractivity contribution is 0.141. The smallest absolute Gasteiger partial charge is 0.191 e. The van der Waals surface area contributed by atoms with Gasteiger partial charge in [0.15, 0.2) is 5.96 Å². The molecular formula is C25H43N5. The lowest BCUT2D eigenvalue weighted by atomic mass is 9.97. The molecule has 2 aliphatic rings. The zero-order valence-electron chi connectivity index (χ0n) is 19.5. The summed E-state index contributed by atoms with van der Waals surface area (Å²) in [7, 11) is 0. The van der Waals surface area contributed by atoms with Gasteiger partial charge in [0.2, 0.25) is 0 Å². The van der Waals surface area contributed by atoms with Crippen LogP contribution >= 0.6 is 0 Å². The molecule has 5 nitrogen and oxygen atoms in total. The molecule has 30 heavy (non-hydrogen) atoms. The van der Waals surface area contributed by atoms with E-state index >= 15 is 0 Å². The summed E-state index contributed by atoms with van der Waals surface area (Å²) in [5.41, 5.74) is 2.69. The molecule has 5 heteroatoms. The van der Waals surface area contributed by atoms with Crippen LogP contribution in [0.4, 0.5) is 0 Å². The number of hydrogen-bond donors (Lipinski definition) is 2. The van der Waals surface area contributed by atoms with Crippen molar-refractivity contribution in [2.24, 2.45) is 10.9 Å². The van der Waals surface area contributed by atoms with Crippen LogP contribution < -0.4 is 10.6 Å². The Morgan fingerprint density at radius 1 is 1.00 bits per heavy atom. The van der Waals surface area contributed by atoms with Gasteiger partial charge in [0.25, 0.3) is 0 Å². The summed E-state index contributed by atoms with van der Waals surface area (Å²) >= 11 is 0. The summed E-state index contributed by atoms with van der Waals surface area (Å²) in [4.78, 5) is 10.0. The highest BCUT2D eigenvalue weighted by molar-refractivity contribution is 5.79. The third kappa shape index (κ3) is 7.59. The van der Waals surface area contributed by atoms with Gasteiger partial charge < -0.3 is 15.5 Å². The van der Waals surface area contributed by atoms with Gasteiger partial charge in [0.05, 0.1) is 6.54 Å². The average Bonchev–Trinajstić information content (AvgIpc) is 2.77. The van der Waals surface area contributed by atoms with E-state index in [9.17, 15) is 0 Å². The molecular weight excluding hydrogens is 370 g/mol. The molecule has 0 spiro atoms. The minimum atomic E-state index is 0.646. The molecule has 0 bridgehead atoms. The average molecular weight is 414 g/mol. The summed E-state index contributed by atoms with van der Waals surface area (Å²) in [6.07, 6.45) is 6.72. The minimum Gasteiger partial charge on any atom is -0.357 e. The van der Waals surface area contributed by atoms with E-state index in [0.717, 1.165) is 32.1 Å². The van der Waals surface area contributed by atoms with Crippen LogP contribution in [0.25, 0.3) is 0 Å². The predicted octanol–water partition coefficient (Wildman–Crippen LogP) is 3.85. The number of piperidine rings is 2.